The van der Waals surface area contributed by atoms with Gasteiger partial charge in [-0.1, -0.05) is 26.0 Å². The van der Waals surface area contributed by atoms with E-state index >= 15 is 0 Å². The fraction of sp³-hybridized carbons (Fsp3) is 0.375. The monoisotopic (exact) mass is 409 g/mol. The molecular formula is C24H27NO5. The molecule has 0 aliphatic carbocycles. The van der Waals surface area contributed by atoms with Crippen molar-refractivity contribution in [3.63, 3.8) is 0 Å². The number of allylic oxidation sites excluding steroid dienone is 1. The molecule has 2 aliphatic rings. The van der Waals surface area contributed by atoms with E-state index in [0.717, 1.165) is 35.5 Å². The normalized spacial score (nSPS) is 16.9. The van der Waals surface area contributed by atoms with Crippen molar-refractivity contribution in [2.75, 3.05) is 27.5 Å². The number of ketones is 1. The van der Waals surface area contributed by atoms with Crippen LogP contribution in [0.5, 0.6) is 23.0 Å². The zero-order chi connectivity index (χ0) is 21.4. The molecule has 0 aromatic heterocycles. The Kier molecular flexibility index (Phi) is 5.43. The average molecular weight is 409 g/mol. The van der Waals surface area contributed by atoms with Crippen LogP contribution in [0.25, 0.3) is 6.08 Å². The number of hydrogen-bond acceptors (Lipinski definition) is 6. The van der Waals surface area contributed by atoms with Gasteiger partial charge in [-0.05, 0) is 31.1 Å². The third-order valence-corrected chi connectivity index (χ3v) is 5.35. The van der Waals surface area contributed by atoms with Crippen molar-refractivity contribution in [2.24, 2.45) is 5.92 Å². The molecule has 0 fully saturated rings. The maximum atomic E-state index is 13.1. The number of hydrogen-bond donors (Lipinski definition) is 0. The summed E-state index contributed by atoms with van der Waals surface area (Å²) in [6.07, 6.45) is 1.70. The van der Waals surface area contributed by atoms with E-state index in [4.69, 9.17) is 18.9 Å². The van der Waals surface area contributed by atoms with E-state index in [-0.39, 0.29) is 11.5 Å². The van der Waals surface area contributed by atoms with Gasteiger partial charge in [0.1, 0.15) is 18.2 Å². The summed E-state index contributed by atoms with van der Waals surface area (Å²) in [5.74, 6) is 3.22. The lowest BCUT2D eigenvalue weighted by Gasteiger charge is -2.31. The highest BCUT2D eigenvalue weighted by Crippen LogP contribution is 2.44. The summed E-state index contributed by atoms with van der Waals surface area (Å²) in [6, 6.07) is 7.43. The Hall–Kier alpha value is -2.99. The van der Waals surface area contributed by atoms with E-state index in [0.29, 0.717) is 35.5 Å². The Morgan fingerprint density at radius 2 is 2.00 bits per heavy atom. The Morgan fingerprint density at radius 3 is 2.70 bits per heavy atom. The molecule has 0 atom stereocenters. The van der Waals surface area contributed by atoms with E-state index in [9.17, 15) is 4.79 Å². The quantitative estimate of drug-likeness (QED) is 0.681. The van der Waals surface area contributed by atoms with E-state index in [1.165, 1.54) is 0 Å². The summed E-state index contributed by atoms with van der Waals surface area (Å²) in [5, 5.41) is 0. The van der Waals surface area contributed by atoms with Crippen molar-refractivity contribution >= 4 is 11.9 Å². The second-order valence-corrected chi connectivity index (χ2v) is 8.07. The van der Waals surface area contributed by atoms with Crippen LogP contribution < -0.4 is 18.9 Å². The molecule has 0 unspecified atom stereocenters. The summed E-state index contributed by atoms with van der Waals surface area (Å²) in [4.78, 5) is 15.4. The Balaban J connectivity index is 1.69. The molecule has 6 nitrogen and oxygen atoms in total. The minimum absolute atomic E-state index is 0.137. The van der Waals surface area contributed by atoms with Crippen molar-refractivity contribution in [3.8, 4) is 23.0 Å². The maximum absolute atomic E-state index is 13.1. The number of methoxy groups -OCH3 is 2. The Bertz CT molecular complexity index is 1020. The molecule has 0 radical (unpaired) electrons. The smallest absolute Gasteiger partial charge is 0.231 e. The first-order chi connectivity index (χ1) is 14.4. The van der Waals surface area contributed by atoms with Crippen LogP contribution in [0.15, 0.2) is 30.0 Å². The number of fused-ring (bicyclic) bond motifs is 2. The van der Waals surface area contributed by atoms with Gasteiger partial charge < -0.3 is 18.9 Å². The predicted octanol–water partition coefficient (Wildman–Crippen LogP) is 4.44. The molecule has 2 aliphatic heterocycles. The maximum Gasteiger partial charge on any atom is 0.231 e. The number of Topliss-reactive ketones (excluding diaryl/α,β-unsaturated/α-hetero) is 1. The van der Waals surface area contributed by atoms with Gasteiger partial charge >= 0.3 is 0 Å². The minimum Gasteiger partial charge on any atom is -0.493 e. The van der Waals surface area contributed by atoms with Crippen molar-refractivity contribution < 1.29 is 23.7 Å². The fourth-order valence-corrected chi connectivity index (χ4v) is 4.10. The topological polar surface area (TPSA) is 57.2 Å². The van der Waals surface area contributed by atoms with Crippen molar-refractivity contribution in [3.05, 3.63) is 52.3 Å². The molecule has 30 heavy (non-hydrogen) atoms. The van der Waals surface area contributed by atoms with Gasteiger partial charge in [0.25, 0.3) is 0 Å². The van der Waals surface area contributed by atoms with E-state index in [1.807, 2.05) is 31.2 Å². The highest BCUT2D eigenvalue weighted by molar-refractivity contribution is 6.15. The van der Waals surface area contributed by atoms with Crippen LogP contribution in [0, 0.1) is 12.8 Å². The molecule has 0 amide bonds. The van der Waals surface area contributed by atoms with Crippen LogP contribution in [0.3, 0.4) is 0 Å². The molecule has 2 aromatic carbocycles. The molecular weight excluding hydrogens is 382 g/mol. The first-order valence-electron chi connectivity index (χ1n) is 10.1. The second kappa shape index (κ2) is 8.03. The van der Waals surface area contributed by atoms with Crippen molar-refractivity contribution in [1.29, 1.82) is 0 Å². The Labute approximate surface area is 177 Å². The van der Waals surface area contributed by atoms with Crippen molar-refractivity contribution in [2.45, 2.75) is 27.3 Å². The molecule has 0 spiro atoms. The van der Waals surface area contributed by atoms with Gasteiger partial charge in [0.05, 0.1) is 19.8 Å². The average Bonchev–Trinajstić information content (AvgIpc) is 3.03. The van der Waals surface area contributed by atoms with Crippen LogP contribution in [0.4, 0.5) is 0 Å². The van der Waals surface area contributed by atoms with Crippen LogP contribution >= 0.6 is 0 Å². The molecule has 0 N–H and O–H groups in total. The predicted molar refractivity (Wildman–Crippen MR) is 114 cm³/mol. The largest absolute Gasteiger partial charge is 0.493 e. The molecule has 158 valence electrons. The number of nitrogens with zero attached hydrogens (tertiary/aromatic N) is 1. The highest BCUT2D eigenvalue weighted by Gasteiger charge is 2.34. The SMILES string of the molecule is COc1cccc(/C=C2\Oc3c(cc4c(c3C)OCN(CC(C)C)C4)C2=O)c1OC. The third kappa shape index (κ3) is 3.52. The first kappa shape index (κ1) is 20.3. The first-order valence-corrected chi connectivity index (χ1v) is 10.1. The minimum atomic E-state index is -0.137. The number of rotatable bonds is 5. The van der Waals surface area contributed by atoms with E-state index in [1.54, 1.807) is 20.3 Å². The number of carbonyl (C=O) groups is 1. The lowest BCUT2D eigenvalue weighted by Crippen LogP contribution is -2.35. The molecule has 2 heterocycles. The zero-order valence-electron chi connectivity index (χ0n) is 18.1. The van der Waals surface area contributed by atoms with Gasteiger partial charge in [-0.3, -0.25) is 9.69 Å². The second-order valence-electron chi connectivity index (χ2n) is 8.07. The lowest BCUT2D eigenvalue weighted by molar-refractivity contribution is 0.0835. The van der Waals surface area contributed by atoms with Crippen LogP contribution in [0.1, 0.15) is 40.9 Å². The molecule has 0 saturated heterocycles. The molecule has 2 aromatic rings. The number of benzene rings is 2. The lowest BCUT2D eigenvalue weighted by atomic mass is 9.99. The number of carbonyl (C=O) groups excluding carboxylic acids is 1. The van der Waals surface area contributed by atoms with Gasteiger partial charge in [-0.2, -0.15) is 0 Å². The molecule has 0 bridgehead atoms. The summed E-state index contributed by atoms with van der Waals surface area (Å²) in [5.41, 5.74) is 3.18. The van der Waals surface area contributed by atoms with E-state index < -0.39 is 0 Å². The van der Waals surface area contributed by atoms with Crippen LogP contribution in [0.2, 0.25) is 0 Å². The number of para-hydroxylation sites is 1. The van der Waals surface area contributed by atoms with Gasteiger partial charge in [-0.15, -0.1) is 0 Å². The van der Waals surface area contributed by atoms with Gasteiger partial charge in [0, 0.05) is 29.8 Å². The summed E-state index contributed by atoms with van der Waals surface area (Å²) in [7, 11) is 3.16. The van der Waals surface area contributed by atoms with Crippen molar-refractivity contribution in [1.82, 2.24) is 4.90 Å². The molecule has 4 rings (SSSR count). The number of ether oxygens (including phenoxy) is 4. The third-order valence-electron chi connectivity index (χ3n) is 5.35. The molecule has 6 heteroatoms. The zero-order valence-corrected chi connectivity index (χ0v) is 18.1. The summed E-state index contributed by atoms with van der Waals surface area (Å²) >= 11 is 0. The van der Waals surface area contributed by atoms with Gasteiger partial charge in [0.2, 0.25) is 5.78 Å². The van der Waals surface area contributed by atoms with Crippen LogP contribution in [-0.2, 0) is 6.54 Å². The standard InChI is InChI=1S/C24H27NO5/c1-14(2)11-25-12-17-9-18-21(26)20(30-23(18)15(3)22(17)29-13-25)10-16-7-6-8-19(27-4)24(16)28-5/h6-10,14H,11-13H2,1-5H3/b20-10-. The van der Waals surface area contributed by atoms with Crippen LogP contribution in [-0.4, -0.2) is 38.2 Å². The fourth-order valence-electron chi connectivity index (χ4n) is 4.10. The summed E-state index contributed by atoms with van der Waals surface area (Å²) in [6.45, 7) is 8.56. The van der Waals surface area contributed by atoms with E-state index in [2.05, 4.69) is 18.7 Å². The van der Waals surface area contributed by atoms with Gasteiger partial charge in [0.15, 0.2) is 17.3 Å². The molecule has 0 saturated carbocycles. The Morgan fingerprint density at radius 1 is 1.20 bits per heavy atom. The highest BCUT2D eigenvalue weighted by atomic mass is 16.5. The van der Waals surface area contributed by atoms with Gasteiger partial charge in [-0.25, -0.2) is 0 Å². The summed E-state index contributed by atoms with van der Waals surface area (Å²) < 4.78 is 22.9.